The molecule has 0 saturated carbocycles. The van der Waals surface area contributed by atoms with Crippen molar-refractivity contribution in [2.24, 2.45) is 11.3 Å². The maximum atomic E-state index is 14.0. The lowest BCUT2D eigenvalue weighted by Gasteiger charge is -2.37. The third-order valence-electron chi connectivity index (χ3n) is 7.14. The van der Waals surface area contributed by atoms with Gasteiger partial charge in [-0.05, 0) is 29.4 Å². The number of carbonyl (C=O) groups excluding carboxylic acids is 4. The van der Waals surface area contributed by atoms with Crippen molar-refractivity contribution in [3.8, 4) is 0 Å². The number of likely N-dealkylation sites (N-methyl/N-ethyl adjacent to an activating group) is 1. The first kappa shape index (κ1) is 27.2. The van der Waals surface area contributed by atoms with Gasteiger partial charge in [-0.25, -0.2) is 6.57 Å². The van der Waals surface area contributed by atoms with E-state index in [1.165, 1.54) is 16.7 Å². The number of rotatable bonds is 6. The Kier molecular flexibility index (Phi) is 7.49. The number of para-hydroxylation sites is 1. The van der Waals surface area contributed by atoms with Crippen LogP contribution in [0.2, 0.25) is 0 Å². The zero-order valence-corrected chi connectivity index (χ0v) is 22.2. The first-order valence-corrected chi connectivity index (χ1v) is 12.3. The van der Waals surface area contributed by atoms with Gasteiger partial charge >= 0.3 is 6.17 Å². The van der Waals surface area contributed by atoms with Gasteiger partial charge in [0.25, 0.3) is 5.91 Å². The van der Waals surface area contributed by atoms with Gasteiger partial charge < -0.3 is 15.5 Å². The lowest BCUT2D eigenvalue weighted by molar-refractivity contribution is -0.148. The smallest absolute Gasteiger partial charge is 0.302 e. The van der Waals surface area contributed by atoms with Crippen LogP contribution in [0.5, 0.6) is 0 Å². The van der Waals surface area contributed by atoms with E-state index in [-0.39, 0.29) is 42.5 Å². The van der Waals surface area contributed by atoms with Crippen molar-refractivity contribution in [2.45, 2.75) is 78.0 Å². The highest BCUT2D eigenvalue weighted by Crippen LogP contribution is 2.47. The molecule has 194 valence electrons. The third kappa shape index (κ3) is 4.95. The van der Waals surface area contributed by atoms with Crippen molar-refractivity contribution in [3.63, 3.8) is 0 Å². The minimum absolute atomic E-state index is 0.0761. The van der Waals surface area contributed by atoms with Crippen LogP contribution < -0.4 is 10.6 Å². The summed E-state index contributed by atoms with van der Waals surface area (Å²) in [6, 6.07) is 5.71. The van der Waals surface area contributed by atoms with E-state index in [4.69, 9.17) is 6.57 Å². The van der Waals surface area contributed by atoms with Crippen molar-refractivity contribution >= 4 is 29.3 Å². The zero-order chi connectivity index (χ0) is 27.0. The molecule has 36 heavy (non-hydrogen) atoms. The Hall–Kier alpha value is -3.41. The van der Waals surface area contributed by atoms with E-state index in [1.54, 1.807) is 7.05 Å². The van der Waals surface area contributed by atoms with Crippen LogP contribution in [0.15, 0.2) is 24.3 Å². The summed E-state index contributed by atoms with van der Waals surface area (Å²) < 4.78 is 0. The number of anilines is 1. The van der Waals surface area contributed by atoms with Crippen molar-refractivity contribution < 1.29 is 19.2 Å². The SMILES string of the molecule is [C-]#[N+][C@@H]1C[C@@]2(CN1C(=O)[C@H](CC(C)C)N(C)C(=O)[C@@H](NC(C)=O)C(C)(C)C)C(=O)Nc1ccccc12. The molecule has 0 unspecified atom stereocenters. The zero-order valence-electron chi connectivity index (χ0n) is 22.2. The standard InChI is InChI=1S/C27H37N5O4/c1-16(2)13-20(31(8)24(35)22(26(4,5)6)29-17(3)33)23(34)32-15-27(14-21(32)28-7)18-11-9-10-12-19(18)30-25(27)36/h9-12,16,20-22H,13-15H2,1-6,8H3,(H,29,33)(H,30,36)/t20-,21-,22+,27-/m0/s1. The van der Waals surface area contributed by atoms with Gasteiger partial charge in [-0.3, -0.25) is 28.9 Å². The number of likely N-dealkylation sites (tertiary alicyclic amines) is 1. The van der Waals surface area contributed by atoms with E-state index in [2.05, 4.69) is 15.5 Å². The van der Waals surface area contributed by atoms with Crippen LogP contribution in [-0.4, -0.2) is 65.3 Å². The number of amides is 4. The topological polar surface area (TPSA) is 103 Å². The average molecular weight is 496 g/mol. The molecular formula is C27H37N5O4. The fraction of sp³-hybridized carbons (Fsp3) is 0.593. The summed E-state index contributed by atoms with van der Waals surface area (Å²) in [5.74, 6) is -1.18. The Morgan fingerprint density at radius 2 is 1.92 bits per heavy atom. The number of hydrogen-bond donors (Lipinski definition) is 2. The largest absolute Gasteiger partial charge is 0.344 e. The molecule has 9 nitrogen and oxygen atoms in total. The van der Waals surface area contributed by atoms with Crippen molar-refractivity contribution in [3.05, 3.63) is 41.2 Å². The minimum Gasteiger partial charge on any atom is -0.344 e. The van der Waals surface area contributed by atoms with E-state index in [9.17, 15) is 19.2 Å². The molecule has 2 N–H and O–H groups in total. The Bertz CT molecular complexity index is 1100. The monoisotopic (exact) mass is 495 g/mol. The van der Waals surface area contributed by atoms with E-state index in [0.717, 1.165) is 5.56 Å². The van der Waals surface area contributed by atoms with Crippen LogP contribution in [0.1, 0.15) is 59.9 Å². The third-order valence-corrected chi connectivity index (χ3v) is 7.14. The minimum atomic E-state index is -0.990. The van der Waals surface area contributed by atoms with Gasteiger partial charge in [0.2, 0.25) is 17.7 Å². The summed E-state index contributed by atoms with van der Waals surface area (Å²) in [4.78, 5) is 59.2. The molecule has 4 atom stereocenters. The van der Waals surface area contributed by atoms with Crippen LogP contribution >= 0.6 is 0 Å². The van der Waals surface area contributed by atoms with Crippen LogP contribution in [-0.2, 0) is 24.6 Å². The van der Waals surface area contributed by atoms with Gasteiger partial charge in [-0.1, -0.05) is 52.8 Å². The summed E-state index contributed by atoms with van der Waals surface area (Å²) >= 11 is 0. The molecule has 1 saturated heterocycles. The lowest BCUT2D eigenvalue weighted by atomic mass is 9.80. The predicted octanol–water partition coefficient (Wildman–Crippen LogP) is 2.78. The number of nitrogens with zero attached hydrogens (tertiary/aromatic N) is 3. The molecule has 0 aliphatic carbocycles. The normalized spacial score (nSPS) is 22.6. The fourth-order valence-corrected chi connectivity index (χ4v) is 5.23. The van der Waals surface area contributed by atoms with E-state index < -0.39 is 29.1 Å². The Morgan fingerprint density at radius 1 is 1.28 bits per heavy atom. The quantitative estimate of drug-likeness (QED) is 0.593. The average Bonchev–Trinajstić information content (AvgIpc) is 3.32. The summed E-state index contributed by atoms with van der Waals surface area (Å²) in [6.45, 7) is 18.7. The molecular weight excluding hydrogens is 458 g/mol. The second kappa shape index (κ2) is 9.92. The molecule has 1 aromatic rings. The van der Waals surface area contributed by atoms with Gasteiger partial charge in [0.15, 0.2) is 0 Å². The molecule has 2 aliphatic rings. The predicted molar refractivity (Wildman–Crippen MR) is 137 cm³/mol. The highest BCUT2D eigenvalue weighted by Gasteiger charge is 2.59. The van der Waals surface area contributed by atoms with Crippen LogP contribution in [0.4, 0.5) is 5.69 Å². The molecule has 4 amide bonds. The van der Waals surface area contributed by atoms with E-state index >= 15 is 0 Å². The van der Waals surface area contributed by atoms with Gasteiger partial charge in [0.05, 0.1) is 6.42 Å². The number of fused-ring (bicyclic) bond motifs is 2. The Balaban J connectivity index is 1.95. The second-order valence-corrected chi connectivity index (χ2v) is 11.5. The number of benzene rings is 1. The maximum Gasteiger partial charge on any atom is 0.302 e. The highest BCUT2D eigenvalue weighted by atomic mass is 16.2. The molecule has 1 spiro atoms. The van der Waals surface area contributed by atoms with Gasteiger partial charge in [0, 0.05) is 26.2 Å². The van der Waals surface area contributed by atoms with E-state index in [1.807, 2.05) is 58.9 Å². The van der Waals surface area contributed by atoms with Gasteiger partial charge in [-0.15, -0.1) is 0 Å². The van der Waals surface area contributed by atoms with E-state index in [0.29, 0.717) is 12.1 Å². The molecule has 0 radical (unpaired) electrons. The van der Waals surface area contributed by atoms with Crippen LogP contribution in [0, 0.1) is 17.9 Å². The van der Waals surface area contributed by atoms with Crippen molar-refractivity contribution in [1.29, 1.82) is 0 Å². The summed E-state index contributed by atoms with van der Waals surface area (Å²) in [6.07, 6.45) is -0.232. The Labute approximate surface area is 213 Å². The summed E-state index contributed by atoms with van der Waals surface area (Å²) in [5.41, 5.74) is -0.0707. The lowest BCUT2D eigenvalue weighted by Crippen LogP contribution is -2.59. The molecule has 9 heteroatoms. The second-order valence-electron chi connectivity index (χ2n) is 11.5. The van der Waals surface area contributed by atoms with Crippen molar-refractivity contribution in [2.75, 3.05) is 18.9 Å². The molecule has 2 heterocycles. The number of carbonyl (C=O) groups is 4. The first-order valence-electron chi connectivity index (χ1n) is 12.3. The molecule has 0 bridgehead atoms. The van der Waals surface area contributed by atoms with Crippen LogP contribution in [0.25, 0.3) is 4.85 Å². The highest BCUT2D eigenvalue weighted by molar-refractivity contribution is 6.07. The maximum absolute atomic E-state index is 14.0. The molecule has 1 fully saturated rings. The fourth-order valence-electron chi connectivity index (χ4n) is 5.23. The molecule has 2 aliphatic heterocycles. The first-order chi connectivity index (χ1) is 16.7. The van der Waals surface area contributed by atoms with Crippen molar-refractivity contribution in [1.82, 2.24) is 15.1 Å². The number of hydrogen-bond acceptors (Lipinski definition) is 4. The number of nitrogens with one attached hydrogen (secondary N) is 2. The van der Waals surface area contributed by atoms with Gasteiger partial charge in [-0.2, -0.15) is 0 Å². The molecule has 0 aromatic heterocycles. The van der Waals surface area contributed by atoms with Crippen LogP contribution in [0.3, 0.4) is 0 Å². The summed E-state index contributed by atoms with van der Waals surface area (Å²) in [7, 11) is 1.57. The summed E-state index contributed by atoms with van der Waals surface area (Å²) in [5, 5.41) is 5.64. The van der Waals surface area contributed by atoms with Gasteiger partial charge in [0.1, 0.15) is 17.5 Å². The Morgan fingerprint density at radius 3 is 2.47 bits per heavy atom. The molecule has 1 aromatic carbocycles. The molecule has 3 rings (SSSR count).